The minimum Gasteiger partial charge on any atom is -0.478 e. The highest BCUT2D eigenvalue weighted by atomic mass is 16.5. The van der Waals surface area contributed by atoms with Gasteiger partial charge in [0.1, 0.15) is 5.56 Å². The molecule has 7 nitrogen and oxygen atoms in total. The molecule has 1 rings (SSSR count). The maximum absolute atomic E-state index is 11.4. The number of hydrogen-bond acceptors (Lipinski definition) is 6. The zero-order valence-corrected chi connectivity index (χ0v) is 8.83. The van der Waals surface area contributed by atoms with Gasteiger partial charge in [0.05, 0.1) is 12.9 Å². The smallest absolute Gasteiger partial charge is 0.375 e. The van der Waals surface area contributed by atoms with Gasteiger partial charge in [0.15, 0.2) is 6.29 Å². The summed E-state index contributed by atoms with van der Waals surface area (Å²) in [5.41, 5.74) is -0.266. The Labute approximate surface area is 96.2 Å². The van der Waals surface area contributed by atoms with Crippen LogP contribution in [0.15, 0.2) is 16.7 Å². The van der Waals surface area contributed by atoms with Gasteiger partial charge in [0.2, 0.25) is 5.76 Å². The third-order valence-electron chi connectivity index (χ3n) is 1.92. The Kier molecular flexibility index (Phi) is 4.68. The number of aromatic carboxylic acids is 1. The van der Waals surface area contributed by atoms with Crippen LogP contribution in [0.4, 0.5) is 0 Å². The summed E-state index contributed by atoms with van der Waals surface area (Å²) in [5, 5.41) is 25.8. The Morgan fingerprint density at radius 3 is 2.71 bits per heavy atom. The second-order valence-corrected chi connectivity index (χ2v) is 3.23. The normalized spacial score (nSPS) is 10.5. The Morgan fingerprint density at radius 2 is 2.12 bits per heavy atom. The third kappa shape index (κ3) is 3.89. The molecule has 0 aromatic carbocycles. The molecule has 0 radical (unpaired) electrons. The fourth-order valence-electron chi connectivity index (χ4n) is 1.13. The summed E-state index contributed by atoms with van der Waals surface area (Å²) in [5.74, 6) is -2.54. The van der Waals surface area contributed by atoms with Crippen molar-refractivity contribution in [2.45, 2.75) is 19.1 Å². The number of aliphatic hydroxyl groups excluding tert-OH is 1. The minimum atomic E-state index is -1.45. The highest BCUT2D eigenvalue weighted by molar-refractivity contribution is 6.00. The number of rotatable bonds is 6. The fourth-order valence-corrected chi connectivity index (χ4v) is 1.13. The Morgan fingerprint density at radius 1 is 1.41 bits per heavy atom. The number of carboxylic acid groups (broad SMARTS) is 1. The minimum absolute atomic E-state index is 0.0454. The first-order valence-corrected chi connectivity index (χ1v) is 4.86. The molecule has 3 N–H and O–H groups in total. The summed E-state index contributed by atoms with van der Waals surface area (Å²) in [6, 6.07) is 1.15. The van der Waals surface area contributed by atoms with Crippen LogP contribution in [-0.2, 0) is 4.74 Å². The molecule has 0 amide bonds. The molecule has 0 unspecified atom stereocenters. The van der Waals surface area contributed by atoms with Crippen molar-refractivity contribution < 1.29 is 34.1 Å². The van der Waals surface area contributed by atoms with Crippen LogP contribution in [0.1, 0.15) is 33.8 Å². The molecule has 1 heterocycles. The van der Waals surface area contributed by atoms with Crippen LogP contribution in [0.25, 0.3) is 0 Å². The first kappa shape index (κ1) is 13.2. The van der Waals surface area contributed by atoms with Crippen molar-refractivity contribution in [1.29, 1.82) is 0 Å². The summed E-state index contributed by atoms with van der Waals surface area (Å²) in [7, 11) is 0. The molecule has 1 aromatic heterocycles. The van der Waals surface area contributed by atoms with E-state index in [2.05, 4.69) is 0 Å². The molecule has 17 heavy (non-hydrogen) atoms. The van der Waals surface area contributed by atoms with Gasteiger partial charge in [-0.3, -0.25) is 0 Å². The number of furan rings is 1. The van der Waals surface area contributed by atoms with E-state index in [-0.39, 0.29) is 30.8 Å². The lowest BCUT2D eigenvalue weighted by Crippen LogP contribution is -2.12. The van der Waals surface area contributed by atoms with Crippen LogP contribution in [0, 0.1) is 0 Å². The van der Waals surface area contributed by atoms with Gasteiger partial charge in [0, 0.05) is 6.42 Å². The number of carboxylic acids is 1. The quantitative estimate of drug-likeness (QED) is 0.372. The topological polar surface area (TPSA) is 117 Å². The van der Waals surface area contributed by atoms with Gasteiger partial charge in [0.25, 0.3) is 0 Å². The molecule has 0 bridgehead atoms. The van der Waals surface area contributed by atoms with Gasteiger partial charge in [-0.15, -0.1) is 0 Å². The third-order valence-corrected chi connectivity index (χ3v) is 1.92. The molecular weight excluding hydrogens is 232 g/mol. The maximum Gasteiger partial charge on any atom is 0.375 e. The van der Waals surface area contributed by atoms with Crippen molar-refractivity contribution in [3.05, 3.63) is 23.7 Å². The van der Waals surface area contributed by atoms with Gasteiger partial charge < -0.3 is 24.5 Å². The molecule has 1 aromatic rings. The molecule has 0 aliphatic heterocycles. The second-order valence-electron chi connectivity index (χ2n) is 3.23. The van der Waals surface area contributed by atoms with E-state index in [1.54, 1.807) is 0 Å². The Balaban J connectivity index is 2.47. The van der Waals surface area contributed by atoms with Crippen LogP contribution in [0.2, 0.25) is 0 Å². The molecule has 0 aliphatic rings. The average Bonchev–Trinajstić information content (AvgIpc) is 2.72. The van der Waals surface area contributed by atoms with Gasteiger partial charge in [-0.25, -0.2) is 9.59 Å². The largest absolute Gasteiger partial charge is 0.478 e. The number of carbonyl (C=O) groups excluding carboxylic acids is 1. The summed E-state index contributed by atoms with van der Waals surface area (Å²) in [6.45, 7) is -0.0454. The zero-order valence-electron chi connectivity index (χ0n) is 8.83. The van der Waals surface area contributed by atoms with Crippen molar-refractivity contribution >= 4 is 11.9 Å². The molecule has 7 heteroatoms. The Hall–Kier alpha value is -1.86. The maximum atomic E-state index is 11.4. The van der Waals surface area contributed by atoms with Crippen LogP contribution >= 0.6 is 0 Å². The average molecular weight is 244 g/mol. The summed E-state index contributed by atoms with van der Waals surface area (Å²) in [6.07, 6.45) is -0.0479. The molecule has 94 valence electrons. The Bertz CT molecular complexity index is 393. The van der Waals surface area contributed by atoms with Crippen molar-refractivity contribution in [3.63, 3.8) is 0 Å². The van der Waals surface area contributed by atoms with Gasteiger partial charge in [-0.1, -0.05) is 0 Å². The molecule has 0 aliphatic carbocycles. The number of hydrogen-bond donors (Lipinski definition) is 3. The standard InChI is InChI=1S/C10H12O7/c11-7(12)2-1-4-17-10(15)8-6(9(13)14)3-5-16-8/h3,5,7,11-12H,1-2,4H2,(H,13,14). The van der Waals surface area contributed by atoms with E-state index in [1.807, 2.05) is 0 Å². The van der Waals surface area contributed by atoms with E-state index in [9.17, 15) is 9.59 Å². The van der Waals surface area contributed by atoms with E-state index in [0.717, 1.165) is 12.3 Å². The van der Waals surface area contributed by atoms with E-state index < -0.39 is 18.2 Å². The zero-order chi connectivity index (χ0) is 12.8. The summed E-state index contributed by atoms with van der Waals surface area (Å²) < 4.78 is 9.42. The van der Waals surface area contributed by atoms with E-state index in [1.165, 1.54) is 0 Å². The lowest BCUT2D eigenvalue weighted by Gasteiger charge is -2.04. The van der Waals surface area contributed by atoms with Gasteiger partial charge in [-0.05, 0) is 12.5 Å². The molecule has 0 saturated heterocycles. The molecule has 0 saturated carbocycles. The van der Waals surface area contributed by atoms with Crippen LogP contribution in [0.3, 0.4) is 0 Å². The second kappa shape index (κ2) is 6.02. The summed E-state index contributed by atoms with van der Waals surface area (Å²) in [4.78, 5) is 22.0. The van der Waals surface area contributed by atoms with Crippen LogP contribution in [0.5, 0.6) is 0 Å². The van der Waals surface area contributed by atoms with E-state index >= 15 is 0 Å². The highest BCUT2D eigenvalue weighted by Gasteiger charge is 2.21. The van der Waals surface area contributed by atoms with Crippen molar-refractivity contribution in [3.8, 4) is 0 Å². The predicted molar refractivity (Wildman–Crippen MR) is 53.4 cm³/mol. The SMILES string of the molecule is O=C(O)c1ccoc1C(=O)OCCCC(O)O. The molecule has 0 atom stereocenters. The van der Waals surface area contributed by atoms with Gasteiger partial charge in [-0.2, -0.15) is 0 Å². The van der Waals surface area contributed by atoms with Crippen LogP contribution < -0.4 is 0 Å². The number of esters is 1. The van der Waals surface area contributed by atoms with Gasteiger partial charge >= 0.3 is 11.9 Å². The predicted octanol–water partition coefficient (Wildman–Crippen LogP) is 0.226. The fraction of sp³-hybridized carbons (Fsp3) is 0.400. The monoisotopic (exact) mass is 244 g/mol. The van der Waals surface area contributed by atoms with Crippen molar-refractivity contribution in [2.24, 2.45) is 0 Å². The lowest BCUT2D eigenvalue weighted by atomic mass is 10.2. The lowest BCUT2D eigenvalue weighted by molar-refractivity contribution is -0.0494. The highest BCUT2D eigenvalue weighted by Crippen LogP contribution is 2.12. The van der Waals surface area contributed by atoms with Crippen molar-refractivity contribution in [2.75, 3.05) is 6.61 Å². The number of aliphatic hydroxyl groups is 2. The van der Waals surface area contributed by atoms with E-state index in [4.69, 9.17) is 24.5 Å². The summed E-state index contributed by atoms with van der Waals surface area (Å²) >= 11 is 0. The molecule has 0 fully saturated rings. The van der Waals surface area contributed by atoms with Crippen molar-refractivity contribution in [1.82, 2.24) is 0 Å². The molecular formula is C10H12O7. The van der Waals surface area contributed by atoms with E-state index in [0.29, 0.717) is 0 Å². The first-order chi connectivity index (χ1) is 8.02. The first-order valence-electron chi connectivity index (χ1n) is 4.86. The number of ether oxygens (including phenoxy) is 1. The molecule has 0 spiro atoms. The van der Waals surface area contributed by atoms with Crippen LogP contribution in [-0.4, -0.2) is 40.2 Å². The number of carbonyl (C=O) groups is 2.